The molecule has 0 heterocycles. The molecular weight excluding hydrogens is 236 g/mol. The van der Waals surface area contributed by atoms with Gasteiger partial charge in [-0.3, -0.25) is 9.59 Å². The van der Waals surface area contributed by atoms with Crippen molar-refractivity contribution in [3.8, 4) is 12.5 Å². The molecule has 4 nitrogen and oxygen atoms in total. The normalized spacial score (nSPS) is 10.5. The van der Waals surface area contributed by atoms with E-state index in [-0.39, 0.29) is 5.97 Å². The maximum Gasteiger partial charge on any atom is 0.319 e. The van der Waals surface area contributed by atoms with E-state index < -0.39 is 14.3 Å². The minimum Gasteiger partial charge on any atom is -0.520 e. The summed E-state index contributed by atoms with van der Waals surface area (Å²) in [5, 5.41) is 0. The van der Waals surface area contributed by atoms with Crippen LogP contribution in [0, 0.1) is 12.5 Å². The van der Waals surface area contributed by atoms with Crippen LogP contribution in [-0.2, 0) is 18.8 Å². The second-order valence-corrected chi connectivity index (χ2v) is 9.17. The summed E-state index contributed by atoms with van der Waals surface area (Å²) in [5.74, 6) is -0.535. The van der Waals surface area contributed by atoms with Gasteiger partial charge >= 0.3 is 5.97 Å². The first-order valence-electron chi connectivity index (χ1n) is 5.72. The lowest BCUT2D eigenvalue weighted by molar-refractivity contribution is -0.137. The predicted octanol–water partition coefficient (Wildman–Crippen LogP) is 2.45. The maximum absolute atomic E-state index is 11.4. The molecule has 0 N–H and O–H groups in total. The Bertz CT molecular complexity index is 299. The van der Waals surface area contributed by atoms with Crippen LogP contribution in [0.25, 0.3) is 0 Å². The quantitative estimate of drug-likeness (QED) is 0.304. The number of terminal acetylenes is 1. The second-order valence-electron chi connectivity index (χ2n) is 4.74. The zero-order valence-corrected chi connectivity index (χ0v) is 11.7. The van der Waals surface area contributed by atoms with Crippen LogP contribution < -0.4 is 0 Å². The third-order valence-corrected chi connectivity index (χ3v) is 2.69. The van der Waals surface area contributed by atoms with Crippen molar-refractivity contribution in [1.82, 2.24) is 0 Å². The van der Waals surface area contributed by atoms with Crippen molar-refractivity contribution in [3.05, 3.63) is 0 Å². The summed E-state index contributed by atoms with van der Waals surface area (Å²) >= 11 is 0. The summed E-state index contributed by atoms with van der Waals surface area (Å²) in [5.41, 5.74) is 0. The summed E-state index contributed by atoms with van der Waals surface area (Å²) in [6.07, 6.45) is 9.55. The molecular formula is C12H20O4Si. The highest BCUT2D eigenvalue weighted by atomic mass is 28.4. The summed E-state index contributed by atoms with van der Waals surface area (Å²) in [6, 6.07) is 0. The smallest absolute Gasteiger partial charge is 0.319 e. The Morgan fingerprint density at radius 2 is 1.59 bits per heavy atom. The largest absolute Gasteiger partial charge is 0.520 e. The molecule has 17 heavy (non-hydrogen) atoms. The van der Waals surface area contributed by atoms with Gasteiger partial charge in [-0.2, -0.15) is 0 Å². The first-order chi connectivity index (χ1) is 7.85. The van der Waals surface area contributed by atoms with Gasteiger partial charge in [-0.1, -0.05) is 12.8 Å². The van der Waals surface area contributed by atoms with Crippen LogP contribution in [0.3, 0.4) is 0 Å². The Morgan fingerprint density at radius 1 is 1.06 bits per heavy atom. The highest BCUT2D eigenvalue weighted by Gasteiger charge is 2.19. The number of esters is 1. The number of ether oxygens (including phenoxy) is 1. The van der Waals surface area contributed by atoms with E-state index >= 15 is 0 Å². The fourth-order valence-corrected chi connectivity index (χ4v) is 2.01. The van der Waals surface area contributed by atoms with E-state index in [9.17, 15) is 9.59 Å². The number of carbonyl (C=O) groups is 2. The van der Waals surface area contributed by atoms with Gasteiger partial charge in [-0.05, 0) is 32.5 Å². The first-order valence-corrected chi connectivity index (χ1v) is 9.13. The molecule has 0 radical (unpaired) electrons. The number of hydrogen-bond acceptors (Lipinski definition) is 4. The van der Waals surface area contributed by atoms with Crippen LogP contribution in [-0.4, -0.2) is 20.3 Å². The molecule has 0 rings (SSSR count). The topological polar surface area (TPSA) is 52.6 Å². The van der Waals surface area contributed by atoms with Crippen LogP contribution in [0.2, 0.25) is 19.6 Å². The highest BCUT2D eigenvalue weighted by molar-refractivity contribution is 6.71. The van der Waals surface area contributed by atoms with Gasteiger partial charge in [0.05, 0.1) is 0 Å². The Labute approximate surface area is 104 Å². The molecule has 0 bridgehead atoms. The molecule has 0 aromatic rings. The van der Waals surface area contributed by atoms with Crippen molar-refractivity contribution in [2.75, 3.05) is 0 Å². The molecule has 0 aliphatic carbocycles. The van der Waals surface area contributed by atoms with E-state index in [4.69, 9.17) is 10.8 Å². The molecule has 0 aromatic heterocycles. The lowest BCUT2D eigenvalue weighted by atomic mass is 10.1. The minimum absolute atomic E-state index is 0.143. The average molecular weight is 256 g/mol. The van der Waals surface area contributed by atoms with Crippen LogP contribution in [0.1, 0.15) is 32.1 Å². The Kier molecular flexibility index (Phi) is 7.31. The van der Waals surface area contributed by atoms with Crippen molar-refractivity contribution in [1.29, 1.82) is 0 Å². The minimum atomic E-state index is -1.76. The van der Waals surface area contributed by atoms with Gasteiger partial charge in [0.25, 0.3) is 5.97 Å². The van der Waals surface area contributed by atoms with Gasteiger partial charge in [0.1, 0.15) is 6.11 Å². The molecule has 96 valence electrons. The van der Waals surface area contributed by atoms with E-state index in [1.165, 1.54) is 0 Å². The van der Waals surface area contributed by atoms with Crippen LogP contribution in [0.5, 0.6) is 0 Å². The molecule has 0 spiro atoms. The summed E-state index contributed by atoms with van der Waals surface area (Å²) in [7, 11) is -1.76. The van der Waals surface area contributed by atoms with Gasteiger partial charge in [0.2, 0.25) is 8.32 Å². The van der Waals surface area contributed by atoms with Gasteiger partial charge < -0.3 is 9.16 Å². The number of carbonyl (C=O) groups excluding carboxylic acids is 2. The number of unbranched alkanes of at least 4 members (excludes halogenated alkanes) is 2. The summed E-state index contributed by atoms with van der Waals surface area (Å²) in [6.45, 7) is 5.92. The molecule has 0 unspecified atom stereocenters. The van der Waals surface area contributed by atoms with Gasteiger partial charge in [0, 0.05) is 12.8 Å². The van der Waals surface area contributed by atoms with Crippen molar-refractivity contribution in [2.24, 2.45) is 0 Å². The van der Waals surface area contributed by atoms with Crippen molar-refractivity contribution < 1.29 is 18.8 Å². The van der Waals surface area contributed by atoms with Gasteiger partial charge in [-0.25, -0.2) is 0 Å². The van der Waals surface area contributed by atoms with E-state index in [2.05, 4.69) is 4.74 Å². The lowest BCUT2D eigenvalue weighted by Gasteiger charge is -2.17. The highest BCUT2D eigenvalue weighted by Crippen LogP contribution is 2.09. The van der Waals surface area contributed by atoms with Crippen molar-refractivity contribution in [3.63, 3.8) is 0 Å². The van der Waals surface area contributed by atoms with Crippen LogP contribution in [0.4, 0.5) is 0 Å². The number of hydrogen-bond donors (Lipinski definition) is 0. The predicted molar refractivity (Wildman–Crippen MR) is 67.4 cm³/mol. The Morgan fingerprint density at radius 3 is 2.06 bits per heavy atom. The third-order valence-electron chi connectivity index (χ3n) is 1.85. The third kappa shape index (κ3) is 11.0. The second kappa shape index (κ2) is 7.90. The monoisotopic (exact) mass is 256 g/mol. The first kappa shape index (κ1) is 15.7. The SMILES string of the molecule is C#COC(=O)CCCCCC(=O)O[Si](C)(C)C. The summed E-state index contributed by atoms with van der Waals surface area (Å²) in [4.78, 5) is 22.2. The summed E-state index contributed by atoms with van der Waals surface area (Å²) < 4.78 is 9.62. The van der Waals surface area contributed by atoms with Crippen LogP contribution >= 0.6 is 0 Å². The lowest BCUT2D eigenvalue weighted by Crippen LogP contribution is -2.28. The zero-order chi connectivity index (χ0) is 13.3. The fraction of sp³-hybridized carbons (Fsp3) is 0.667. The van der Waals surface area contributed by atoms with E-state index in [1.54, 1.807) is 0 Å². The zero-order valence-electron chi connectivity index (χ0n) is 10.7. The molecule has 0 aliphatic rings. The molecule has 0 amide bonds. The molecule has 5 heteroatoms. The molecule has 0 saturated carbocycles. The average Bonchev–Trinajstić information content (AvgIpc) is 2.14. The number of rotatable bonds is 7. The fourth-order valence-electron chi connectivity index (χ4n) is 1.22. The maximum atomic E-state index is 11.4. The van der Waals surface area contributed by atoms with Gasteiger partial charge in [-0.15, -0.1) is 0 Å². The van der Waals surface area contributed by atoms with Crippen molar-refractivity contribution >= 4 is 20.3 Å². The molecule has 0 aliphatic heterocycles. The molecule has 0 saturated heterocycles. The van der Waals surface area contributed by atoms with E-state index in [0.717, 1.165) is 12.8 Å². The van der Waals surface area contributed by atoms with Crippen LogP contribution in [0.15, 0.2) is 0 Å². The molecule has 0 atom stereocenters. The Balaban J connectivity index is 3.50. The van der Waals surface area contributed by atoms with Gasteiger partial charge in [0.15, 0.2) is 0 Å². The molecule has 0 aromatic carbocycles. The van der Waals surface area contributed by atoms with Crippen molar-refractivity contribution in [2.45, 2.75) is 51.7 Å². The molecule has 0 fully saturated rings. The van der Waals surface area contributed by atoms with E-state index in [0.29, 0.717) is 19.3 Å². The standard InChI is InChI=1S/C12H20O4Si/c1-5-15-11(13)9-7-6-8-10-12(14)16-17(2,3)4/h1H,6-10H2,2-4H3. The van der Waals surface area contributed by atoms with E-state index in [1.807, 2.05) is 25.7 Å². The Hall–Kier alpha value is -1.28.